The predicted octanol–water partition coefficient (Wildman–Crippen LogP) is 1.45. The minimum atomic E-state index is -4.53. The van der Waals surface area contributed by atoms with Gasteiger partial charge in [-0.25, -0.2) is 5.10 Å². The maximum atomic E-state index is 13.3. The van der Waals surface area contributed by atoms with Crippen LogP contribution in [0.4, 0.5) is 18.9 Å². The van der Waals surface area contributed by atoms with Crippen molar-refractivity contribution >= 4 is 5.69 Å². The Morgan fingerprint density at radius 3 is 2.54 bits per heavy atom. The lowest BCUT2D eigenvalue weighted by Crippen LogP contribution is -2.25. The van der Waals surface area contributed by atoms with Crippen LogP contribution in [-0.2, 0) is 6.18 Å². The molecule has 4 N–H and O–H groups in total. The number of alkyl halides is 3. The fraction of sp³-hybridized carbons (Fsp3) is 0.333. The summed E-state index contributed by atoms with van der Waals surface area (Å²) in [4.78, 5) is 11.0. The van der Waals surface area contributed by atoms with Crippen LogP contribution in [0.2, 0.25) is 0 Å². The molecule has 24 heavy (non-hydrogen) atoms. The summed E-state index contributed by atoms with van der Waals surface area (Å²) in [6.45, 7) is 1.04. The molecule has 0 amide bonds. The van der Waals surface area contributed by atoms with Crippen molar-refractivity contribution in [3.63, 3.8) is 0 Å². The molecule has 1 heterocycles. The summed E-state index contributed by atoms with van der Waals surface area (Å²) in [5.41, 5.74) is -0.779. The summed E-state index contributed by atoms with van der Waals surface area (Å²) in [6.07, 6.45) is -4.53. The van der Waals surface area contributed by atoms with Crippen molar-refractivity contribution in [3.8, 4) is 11.3 Å². The average Bonchev–Trinajstić information content (AvgIpc) is 2.54. The highest BCUT2D eigenvalue weighted by atomic mass is 19.4. The molecule has 2 rings (SSSR count). The summed E-state index contributed by atoms with van der Waals surface area (Å²) in [6, 6.07) is 6.38. The Morgan fingerprint density at radius 2 is 1.92 bits per heavy atom. The number of H-pyrrole nitrogens is 1. The van der Waals surface area contributed by atoms with Crippen LogP contribution in [0.5, 0.6) is 0 Å². The molecule has 0 radical (unpaired) electrons. The quantitative estimate of drug-likeness (QED) is 0.572. The van der Waals surface area contributed by atoms with Crippen LogP contribution in [0.1, 0.15) is 5.56 Å². The molecular weight excluding hydrogens is 325 g/mol. The minimum absolute atomic E-state index is 0.0331. The standard InChI is InChI=1S/C15H17F3N4O2/c16-15(17,18)11-9-10(12-3-4-14(24)22-21-12)1-2-13(11)20-6-5-19-7-8-23/h1-4,9,19-20,23H,5-8H2,(H,22,24). The van der Waals surface area contributed by atoms with E-state index in [0.29, 0.717) is 13.1 Å². The highest BCUT2D eigenvalue weighted by Crippen LogP contribution is 2.37. The average molecular weight is 342 g/mol. The third-order valence-electron chi connectivity index (χ3n) is 3.21. The Balaban J connectivity index is 2.22. The Hall–Kier alpha value is -2.39. The van der Waals surface area contributed by atoms with E-state index in [9.17, 15) is 18.0 Å². The molecule has 0 atom stereocenters. The number of rotatable bonds is 7. The van der Waals surface area contributed by atoms with Crippen LogP contribution in [-0.4, -0.2) is 41.5 Å². The second-order valence-electron chi connectivity index (χ2n) is 4.96. The van der Waals surface area contributed by atoms with Crippen LogP contribution in [0, 0.1) is 0 Å². The number of aliphatic hydroxyl groups is 1. The summed E-state index contributed by atoms with van der Waals surface area (Å²) < 4.78 is 39.8. The van der Waals surface area contributed by atoms with E-state index in [1.807, 2.05) is 0 Å². The van der Waals surface area contributed by atoms with Crippen LogP contribution in [0.3, 0.4) is 0 Å². The molecule has 1 aromatic heterocycles. The number of nitrogens with zero attached hydrogens (tertiary/aromatic N) is 1. The summed E-state index contributed by atoms with van der Waals surface area (Å²) in [5.74, 6) is 0. The number of benzene rings is 1. The summed E-state index contributed by atoms with van der Waals surface area (Å²) in [5, 5.41) is 20.2. The van der Waals surface area contributed by atoms with E-state index in [2.05, 4.69) is 20.8 Å². The van der Waals surface area contributed by atoms with Gasteiger partial charge in [0.2, 0.25) is 0 Å². The second kappa shape index (κ2) is 7.93. The van der Waals surface area contributed by atoms with Gasteiger partial charge in [-0.1, -0.05) is 6.07 Å². The lowest BCUT2D eigenvalue weighted by Gasteiger charge is -2.16. The van der Waals surface area contributed by atoms with Crippen molar-refractivity contribution in [2.75, 3.05) is 31.6 Å². The number of halogens is 3. The smallest absolute Gasteiger partial charge is 0.395 e. The number of aromatic nitrogens is 2. The third-order valence-corrected chi connectivity index (χ3v) is 3.21. The van der Waals surface area contributed by atoms with Crippen molar-refractivity contribution in [3.05, 3.63) is 46.2 Å². The monoisotopic (exact) mass is 342 g/mol. The third kappa shape index (κ3) is 4.80. The van der Waals surface area contributed by atoms with E-state index in [1.54, 1.807) is 0 Å². The van der Waals surface area contributed by atoms with E-state index in [4.69, 9.17) is 5.11 Å². The largest absolute Gasteiger partial charge is 0.418 e. The molecule has 0 aliphatic carbocycles. The molecule has 1 aromatic carbocycles. The SMILES string of the molecule is O=c1ccc(-c2ccc(NCCNCCO)c(C(F)(F)F)c2)n[nH]1. The van der Waals surface area contributed by atoms with E-state index < -0.39 is 17.3 Å². The lowest BCUT2D eigenvalue weighted by molar-refractivity contribution is -0.136. The lowest BCUT2D eigenvalue weighted by atomic mass is 10.1. The van der Waals surface area contributed by atoms with Gasteiger partial charge >= 0.3 is 6.18 Å². The number of nitrogens with one attached hydrogen (secondary N) is 3. The van der Waals surface area contributed by atoms with Crippen molar-refractivity contribution in [1.82, 2.24) is 15.5 Å². The summed E-state index contributed by atoms with van der Waals surface area (Å²) in [7, 11) is 0. The van der Waals surface area contributed by atoms with E-state index >= 15 is 0 Å². The highest BCUT2D eigenvalue weighted by Gasteiger charge is 2.34. The molecule has 0 aliphatic rings. The number of aromatic amines is 1. The first-order chi connectivity index (χ1) is 11.4. The molecule has 0 fully saturated rings. The van der Waals surface area contributed by atoms with Crippen LogP contribution < -0.4 is 16.2 Å². The zero-order valence-corrected chi connectivity index (χ0v) is 12.7. The molecule has 0 unspecified atom stereocenters. The molecule has 0 saturated carbocycles. The van der Waals surface area contributed by atoms with Gasteiger partial charge in [0.1, 0.15) is 0 Å². The van der Waals surface area contributed by atoms with Gasteiger partial charge in [-0.05, 0) is 18.2 Å². The fourth-order valence-corrected chi connectivity index (χ4v) is 2.09. The van der Waals surface area contributed by atoms with Gasteiger partial charge in [0.15, 0.2) is 0 Å². The van der Waals surface area contributed by atoms with Crippen molar-refractivity contribution in [1.29, 1.82) is 0 Å². The van der Waals surface area contributed by atoms with Gasteiger partial charge in [0.05, 0.1) is 17.9 Å². The fourth-order valence-electron chi connectivity index (χ4n) is 2.09. The van der Waals surface area contributed by atoms with Gasteiger partial charge in [-0.2, -0.15) is 18.3 Å². The predicted molar refractivity (Wildman–Crippen MR) is 83.7 cm³/mol. The Morgan fingerprint density at radius 1 is 1.12 bits per heavy atom. The topological polar surface area (TPSA) is 90.0 Å². The van der Waals surface area contributed by atoms with E-state index in [1.165, 1.54) is 24.3 Å². The normalized spacial score (nSPS) is 11.5. The molecule has 0 bridgehead atoms. The molecule has 0 aliphatic heterocycles. The molecule has 130 valence electrons. The highest BCUT2D eigenvalue weighted by molar-refractivity contribution is 5.66. The van der Waals surface area contributed by atoms with E-state index in [-0.39, 0.29) is 30.1 Å². The Bertz CT molecular complexity index is 711. The zero-order valence-electron chi connectivity index (χ0n) is 12.7. The number of aliphatic hydroxyl groups excluding tert-OH is 1. The number of hydrogen-bond donors (Lipinski definition) is 4. The van der Waals surface area contributed by atoms with Gasteiger partial charge < -0.3 is 15.7 Å². The van der Waals surface area contributed by atoms with Gasteiger partial charge in [0, 0.05) is 37.0 Å². The van der Waals surface area contributed by atoms with Crippen molar-refractivity contribution in [2.45, 2.75) is 6.18 Å². The minimum Gasteiger partial charge on any atom is -0.395 e. The van der Waals surface area contributed by atoms with Gasteiger partial charge in [-0.3, -0.25) is 4.79 Å². The number of hydrogen-bond acceptors (Lipinski definition) is 5. The van der Waals surface area contributed by atoms with Gasteiger partial charge in [-0.15, -0.1) is 0 Å². The van der Waals surface area contributed by atoms with Crippen LogP contribution in [0.15, 0.2) is 35.1 Å². The van der Waals surface area contributed by atoms with Crippen molar-refractivity contribution < 1.29 is 18.3 Å². The molecule has 0 saturated heterocycles. The van der Waals surface area contributed by atoms with Crippen molar-refractivity contribution in [2.24, 2.45) is 0 Å². The molecule has 2 aromatic rings. The molecule has 0 spiro atoms. The molecular formula is C15H17F3N4O2. The Kier molecular flexibility index (Phi) is 5.93. The van der Waals surface area contributed by atoms with E-state index in [0.717, 1.165) is 6.07 Å². The first-order valence-corrected chi connectivity index (χ1v) is 7.24. The zero-order chi connectivity index (χ0) is 17.6. The number of anilines is 1. The Labute approximate surface area is 135 Å². The second-order valence-corrected chi connectivity index (χ2v) is 4.96. The first kappa shape index (κ1) is 18.0. The summed E-state index contributed by atoms with van der Waals surface area (Å²) >= 11 is 0. The van der Waals surface area contributed by atoms with Crippen LogP contribution >= 0.6 is 0 Å². The van der Waals surface area contributed by atoms with Gasteiger partial charge in [0.25, 0.3) is 5.56 Å². The maximum Gasteiger partial charge on any atom is 0.418 e. The van der Waals surface area contributed by atoms with Crippen LogP contribution in [0.25, 0.3) is 11.3 Å². The first-order valence-electron chi connectivity index (χ1n) is 7.24. The molecule has 9 heteroatoms. The maximum absolute atomic E-state index is 13.3. The molecule has 6 nitrogen and oxygen atoms in total.